The lowest BCUT2D eigenvalue weighted by atomic mass is 10.1. The highest BCUT2D eigenvalue weighted by atomic mass is 32.1. The van der Waals surface area contributed by atoms with E-state index in [-0.39, 0.29) is 5.75 Å². The van der Waals surface area contributed by atoms with Crippen LogP contribution in [0, 0.1) is 5.82 Å². The van der Waals surface area contributed by atoms with Crippen molar-refractivity contribution in [3.8, 4) is 5.75 Å². The molecular formula is C20H19F4N5OS. The van der Waals surface area contributed by atoms with E-state index in [0.717, 1.165) is 12.1 Å². The number of aromatic nitrogens is 1. The molecule has 1 saturated heterocycles. The molecule has 2 aromatic rings. The number of hydrazone groups is 1. The van der Waals surface area contributed by atoms with Gasteiger partial charge in [-0.2, -0.15) is 18.3 Å². The van der Waals surface area contributed by atoms with Gasteiger partial charge in [-0.05, 0) is 36.5 Å². The standard InChI is InChI=1S/C20H19F4N5OS/c21-15-4-6-25-17-16(5-11-30-18(15)17)26-27-19(31)29-9-7-28(8-10-29)14-3-1-2-13(12-14)20(22,23)24/h1-4,6,12H,5,7-11H2,(H,27,31)/b26-16-. The highest BCUT2D eigenvalue weighted by Gasteiger charge is 2.31. The third-order valence-corrected chi connectivity index (χ3v) is 5.46. The zero-order chi connectivity index (χ0) is 22.0. The normalized spacial score (nSPS) is 17.9. The summed E-state index contributed by atoms with van der Waals surface area (Å²) in [5, 5.41) is 4.68. The summed E-state index contributed by atoms with van der Waals surface area (Å²) in [5.74, 6) is -0.416. The van der Waals surface area contributed by atoms with Gasteiger partial charge in [-0.15, -0.1) is 0 Å². The monoisotopic (exact) mass is 453 g/mol. The summed E-state index contributed by atoms with van der Waals surface area (Å²) >= 11 is 5.41. The molecule has 0 atom stereocenters. The third kappa shape index (κ3) is 4.71. The molecule has 1 aromatic carbocycles. The van der Waals surface area contributed by atoms with Crippen LogP contribution in [-0.4, -0.2) is 53.5 Å². The molecule has 0 amide bonds. The van der Waals surface area contributed by atoms with Crippen molar-refractivity contribution in [1.29, 1.82) is 0 Å². The van der Waals surface area contributed by atoms with Crippen LogP contribution in [-0.2, 0) is 6.18 Å². The number of nitrogens with one attached hydrogen (secondary N) is 1. The Morgan fingerprint density at radius 3 is 2.68 bits per heavy atom. The maximum Gasteiger partial charge on any atom is 0.416 e. The van der Waals surface area contributed by atoms with E-state index in [1.165, 1.54) is 18.3 Å². The van der Waals surface area contributed by atoms with Crippen molar-refractivity contribution in [2.75, 3.05) is 37.7 Å². The molecule has 164 valence electrons. The number of pyridine rings is 1. The molecule has 0 aliphatic carbocycles. The molecular weight excluding hydrogens is 434 g/mol. The minimum absolute atomic E-state index is 0.0786. The van der Waals surface area contributed by atoms with E-state index in [0.29, 0.717) is 61.4 Å². The second-order valence-electron chi connectivity index (χ2n) is 7.07. The summed E-state index contributed by atoms with van der Waals surface area (Å²) in [6.07, 6.45) is -2.56. The van der Waals surface area contributed by atoms with Crippen molar-refractivity contribution >= 4 is 28.7 Å². The fraction of sp³-hybridized carbons (Fsp3) is 0.350. The molecule has 0 saturated carbocycles. The zero-order valence-electron chi connectivity index (χ0n) is 16.3. The predicted molar refractivity (Wildman–Crippen MR) is 112 cm³/mol. The van der Waals surface area contributed by atoms with Gasteiger partial charge in [0.2, 0.25) is 0 Å². The van der Waals surface area contributed by atoms with Gasteiger partial charge in [-0.3, -0.25) is 10.4 Å². The number of thiocarbonyl (C=S) groups is 1. The van der Waals surface area contributed by atoms with Crippen molar-refractivity contribution in [1.82, 2.24) is 15.3 Å². The fourth-order valence-electron chi connectivity index (χ4n) is 3.48. The number of hydrogen-bond acceptors (Lipinski definition) is 5. The Bertz CT molecular complexity index is 1010. The largest absolute Gasteiger partial charge is 0.488 e. The number of halogens is 4. The molecule has 4 rings (SSSR count). The molecule has 6 nitrogen and oxygen atoms in total. The van der Waals surface area contributed by atoms with Crippen LogP contribution in [0.15, 0.2) is 41.6 Å². The Labute approximate surface area is 181 Å². The molecule has 1 N–H and O–H groups in total. The van der Waals surface area contributed by atoms with E-state index in [2.05, 4.69) is 15.5 Å². The Kier molecular flexibility index (Phi) is 5.94. The van der Waals surface area contributed by atoms with Crippen molar-refractivity contribution in [2.24, 2.45) is 5.10 Å². The van der Waals surface area contributed by atoms with Gasteiger partial charge in [0.1, 0.15) is 5.69 Å². The van der Waals surface area contributed by atoms with Gasteiger partial charge in [0.25, 0.3) is 0 Å². The Hall–Kier alpha value is -2.95. The number of rotatable bonds is 2. The van der Waals surface area contributed by atoms with Gasteiger partial charge >= 0.3 is 6.18 Å². The minimum atomic E-state index is -4.37. The number of hydrogen-bond donors (Lipinski definition) is 1. The molecule has 2 aliphatic heterocycles. The van der Waals surface area contributed by atoms with Crippen LogP contribution in [0.5, 0.6) is 5.75 Å². The summed E-state index contributed by atoms with van der Waals surface area (Å²) in [7, 11) is 0. The Morgan fingerprint density at radius 1 is 1.16 bits per heavy atom. The van der Waals surface area contributed by atoms with Gasteiger partial charge in [0, 0.05) is 44.5 Å². The Morgan fingerprint density at radius 2 is 1.94 bits per heavy atom. The highest BCUT2D eigenvalue weighted by Crippen LogP contribution is 2.32. The summed E-state index contributed by atoms with van der Waals surface area (Å²) in [6.45, 7) is 2.38. The van der Waals surface area contributed by atoms with Crippen molar-refractivity contribution in [3.05, 3.63) is 53.6 Å². The maximum atomic E-state index is 13.9. The quantitative estimate of drug-likeness (QED) is 0.427. The average Bonchev–Trinajstić information content (AvgIpc) is 2.77. The van der Waals surface area contributed by atoms with Crippen molar-refractivity contribution < 1.29 is 22.3 Å². The number of nitrogens with zero attached hydrogens (tertiary/aromatic N) is 4. The second kappa shape index (κ2) is 8.66. The van der Waals surface area contributed by atoms with Gasteiger partial charge < -0.3 is 14.5 Å². The third-order valence-electron chi connectivity index (χ3n) is 5.11. The summed E-state index contributed by atoms with van der Waals surface area (Å²) in [5.41, 5.74) is 3.58. The van der Waals surface area contributed by atoms with Crippen LogP contribution in [0.1, 0.15) is 17.7 Å². The van der Waals surface area contributed by atoms with E-state index in [1.807, 2.05) is 9.80 Å². The number of alkyl halides is 3. The lowest BCUT2D eigenvalue weighted by molar-refractivity contribution is -0.137. The second-order valence-corrected chi connectivity index (χ2v) is 7.45. The highest BCUT2D eigenvalue weighted by molar-refractivity contribution is 7.80. The number of anilines is 1. The van der Waals surface area contributed by atoms with E-state index < -0.39 is 17.6 Å². The lowest BCUT2D eigenvalue weighted by Crippen LogP contribution is -2.51. The fourth-order valence-corrected chi connectivity index (χ4v) is 3.71. The maximum absolute atomic E-state index is 13.9. The summed E-state index contributed by atoms with van der Waals surface area (Å²) in [6, 6.07) is 6.53. The molecule has 2 aliphatic rings. The van der Waals surface area contributed by atoms with E-state index in [4.69, 9.17) is 17.0 Å². The first-order valence-electron chi connectivity index (χ1n) is 9.64. The first-order valence-corrected chi connectivity index (χ1v) is 10.0. The number of ether oxygens (including phenoxy) is 1. The van der Waals surface area contributed by atoms with Gasteiger partial charge in [0.05, 0.1) is 17.9 Å². The van der Waals surface area contributed by atoms with Gasteiger partial charge in [-0.25, -0.2) is 4.39 Å². The van der Waals surface area contributed by atoms with Crippen LogP contribution in [0.25, 0.3) is 0 Å². The molecule has 0 radical (unpaired) electrons. The Balaban J connectivity index is 1.37. The van der Waals surface area contributed by atoms with E-state index in [9.17, 15) is 17.6 Å². The average molecular weight is 453 g/mol. The van der Waals surface area contributed by atoms with Crippen molar-refractivity contribution in [2.45, 2.75) is 12.6 Å². The summed E-state index contributed by atoms with van der Waals surface area (Å²) < 4.78 is 58.1. The first-order chi connectivity index (χ1) is 14.8. The van der Waals surface area contributed by atoms with Crippen molar-refractivity contribution in [3.63, 3.8) is 0 Å². The van der Waals surface area contributed by atoms with Crippen LogP contribution in [0.2, 0.25) is 0 Å². The minimum Gasteiger partial charge on any atom is -0.488 e. The van der Waals surface area contributed by atoms with E-state index >= 15 is 0 Å². The van der Waals surface area contributed by atoms with E-state index in [1.54, 1.807) is 6.07 Å². The van der Waals surface area contributed by atoms with Gasteiger partial charge in [0.15, 0.2) is 16.7 Å². The first kappa shape index (κ1) is 21.3. The zero-order valence-corrected chi connectivity index (χ0v) is 17.1. The number of benzene rings is 1. The van der Waals surface area contributed by atoms with Crippen LogP contribution in [0.3, 0.4) is 0 Å². The lowest BCUT2D eigenvalue weighted by Gasteiger charge is -2.37. The molecule has 0 bridgehead atoms. The molecule has 1 fully saturated rings. The molecule has 1 aromatic heterocycles. The van der Waals surface area contributed by atoms with Crippen LogP contribution >= 0.6 is 12.2 Å². The number of fused-ring (bicyclic) bond motifs is 1. The number of piperazine rings is 1. The molecule has 31 heavy (non-hydrogen) atoms. The molecule has 11 heteroatoms. The molecule has 0 spiro atoms. The SMILES string of the molecule is Fc1ccnc2c1OCC/C2=N/NC(=S)N1CCN(c2cccc(C(F)(F)F)c2)CC1. The van der Waals surface area contributed by atoms with Gasteiger partial charge in [-0.1, -0.05) is 6.07 Å². The molecule has 3 heterocycles. The summed E-state index contributed by atoms with van der Waals surface area (Å²) in [4.78, 5) is 7.92. The van der Waals surface area contributed by atoms with Crippen LogP contribution in [0.4, 0.5) is 23.2 Å². The molecule has 0 unspecified atom stereocenters. The van der Waals surface area contributed by atoms with Crippen LogP contribution < -0.4 is 15.1 Å². The predicted octanol–water partition coefficient (Wildman–Crippen LogP) is 3.42. The smallest absolute Gasteiger partial charge is 0.416 e. The topological polar surface area (TPSA) is 53.0 Å².